The molecular formula is C18H25N3O2S. The van der Waals surface area contributed by atoms with Gasteiger partial charge in [0.15, 0.2) is 5.96 Å². The molecule has 0 amide bonds. The van der Waals surface area contributed by atoms with Gasteiger partial charge in [0, 0.05) is 18.7 Å². The SMILES string of the molecule is CSCCN=C(NCCOc1ccccc1)NCCc1ccco1. The molecule has 130 valence electrons. The van der Waals surface area contributed by atoms with Crippen LogP contribution in [0, 0.1) is 0 Å². The van der Waals surface area contributed by atoms with E-state index in [4.69, 9.17) is 9.15 Å². The van der Waals surface area contributed by atoms with Gasteiger partial charge in [-0.25, -0.2) is 0 Å². The van der Waals surface area contributed by atoms with E-state index in [-0.39, 0.29) is 0 Å². The maximum atomic E-state index is 5.68. The second kappa shape index (κ2) is 11.5. The van der Waals surface area contributed by atoms with Crippen molar-refractivity contribution in [2.24, 2.45) is 4.99 Å². The second-order valence-electron chi connectivity index (χ2n) is 5.07. The lowest BCUT2D eigenvalue weighted by Crippen LogP contribution is -2.40. The minimum Gasteiger partial charge on any atom is -0.492 e. The Kier molecular flexibility index (Phi) is 8.72. The van der Waals surface area contributed by atoms with Crippen molar-refractivity contribution in [2.45, 2.75) is 6.42 Å². The van der Waals surface area contributed by atoms with Crippen LogP contribution in [0.25, 0.3) is 0 Å². The summed E-state index contributed by atoms with van der Waals surface area (Å²) < 4.78 is 11.0. The standard InChI is InChI=1S/C18H25N3O2S/c1-24-15-12-21-18(19-10-9-17-8-5-13-22-17)20-11-14-23-16-6-3-2-4-7-16/h2-8,13H,9-12,14-15H2,1H3,(H2,19,20,21). The lowest BCUT2D eigenvalue weighted by atomic mass is 10.3. The summed E-state index contributed by atoms with van der Waals surface area (Å²) in [6, 6.07) is 13.7. The van der Waals surface area contributed by atoms with Gasteiger partial charge in [0.2, 0.25) is 0 Å². The molecule has 6 heteroatoms. The highest BCUT2D eigenvalue weighted by Gasteiger charge is 2.00. The average molecular weight is 347 g/mol. The van der Waals surface area contributed by atoms with Gasteiger partial charge in [-0.15, -0.1) is 0 Å². The molecule has 1 aromatic carbocycles. The fourth-order valence-electron chi connectivity index (χ4n) is 2.04. The number of nitrogens with zero attached hydrogens (tertiary/aromatic N) is 1. The van der Waals surface area contributed by atoms with Crippen LogP contribution in [-0.2, 0) is 6.42 Å². The molecule has 2 aromatic rings. The number of ether oxygens (including phenoxy) is 1. The zero-order valence-corrected chi connectivity index (χ0v) is 14.8. The lowest BCUT2D eigenvalue weighted by Gasteiger charge is -2.13. The molecule has 0 unspecified atom stereocenters. The fraction of sp³-hybridized carbons (Fsp3) is 0.389. The van der Waals surface area contributed by atoms with Gasteiger partial charge < -0.3 is 19.8 Å². The first-order valence-electron chi connectivity index (χ1n) is 8.10. The van der Waals surface area contributed by atoms with E-state index < -0.39 is 0 Å². The van der Waals surface area contributed by atoms with Crippen molar-refractivity contribution in [1.82, 2.24) is 10.6 Å². The molecule has 1 heterocycles. The first-order chi connectivity index (χ1) is 11.9. The van der Waals surface area contributed by atoms with Crippen LogP contribution in [0.5, 0.6) is 5.75 Å². The predicted octanol–water partition coefficient (Wildman–Crippen LogP) is 2.80. The van der Waals surface area contributed by atoms with Crippen LogP contribution in [0.4, 0.5) is 0 Å². The molecule has 0 atom stereocenters. The summed E-state index contributed by atoms with van der Waals surface area (Å²) >= 11 is 1.79. The van der Waals surface area contributed by atoms with Crippen molar-refractivity contribution < 1.29 is 9.15 Å². The summed E-state index contributed by atoms with van der Waals surface area (Å²) in [6.45, 7) is 2.85. The van der Waals surface area contributed by atoms with Crippen LogP contribution < -0.4 is 15.4 Å². The summed E-state index contributed by atoms with van der Waals surface area (Å²) in [4.78, 5) is 4.56. The minimum absolute atomic E-state index is 0.589. The van der Waals surface area contributed by atoms with Crippen LogP contribution in [0.1, 0.15) is 5.76 Å². The van der Waals surface area contributed by atoms with E-state index in [0.717, 1.165) is 42.7 Å². The van der Waals surface area contributed by atoms with Crippen LogP contribution in [0.15, 0.2) is 58.1 Å². The Bertz CT molecular complexity index is 573. The quantitative estimate of drug-likeness (QED) is 0.393. The Balaban J connectivity index is 1.70. The van der Waals surface area contributed by atoms with Crippen molar-refractivity contribution in [3.05, 3.63) is 54.5 Å². The highest BCUT2D eigenvalue weighted by molar-refractivity contribution is 7.98. The highest BCUT2D eigenvalue weighted by atomic mass is 32.2. The molecule has 0 spiro atoms. The molecular weight excluding hydrogens is 322 g/mol. The topological polar surface area (TPSA) is 58.8 Å². The number of benzene rings is 1. The molecule has 0 saturated carbocycles. The minimum atomic E-state index is 0.589. The Morgan fingerprint density at radius 3 is 2.71 bits per heavy atom. The molecule has 0 bridgehead atoms. The van der Waals surface area contributed by atoms with Crippen molar-refractivity contribution in [2.75, 3.05) is 38.2 Å². The molecule has 0 radical (unpaired) electrons. The first-order valence-corrected chi connectivity index (χ1v) is 9.49. The number of aliphatic imine (C=N–C) groups is 1. The van der Waals surface area contributed by atoms with Crippen molar-refractivity contribution in [1.29, 1.82) is 0 Å². The van der Waals surface area contributed by atoms with E-state index in [1.165, 1.54) is 0 Å². The number of thioether (sulfide) groups is 1. The van der Waals surface area contributed by atoms with E-state index in [1.54, 1.807) is 18.0 Å². The molecule has 0 saturated heterocycles. The van der Waals surface area contributed by atoms with Gasteiger partial charge in [-0.3, -0.25) is 4.99 Å². The summed E-state index contributed by atoms with van der Waals surface area (Å²) in [6.07, 6.45) is 4.61. The number of hydrogen-bond acceptors (Lipinski definition) is 4. The molecule has 2 N–H and O–H groups in total. The van der Waals surface area contributed by atoms with Crippen molar-refractivity contribution in [3.63, 3.8) is 0 Å². The number of furan rings is 1. The third-order valence-electron chi connectivity index (χ3n) is 3.22. The summed E-state index contributed by atoms with van der Waals surface area (Å²) in [5.41, 5.74) is 0. The summed E-state index contributed by atoms with van der Waals surface area (Å²) in [7, 11) is 0. The van der Waals surface area contributed by atoms with E-state index in [1.807, 2.05) is 42.5 Å². The lowest BCUT2D eigenvalue weighted by molar-refractivity contribution is 0.322. The van der Waals surface area contributed by atoms with Crippen LogP contribution in [-0.4, -0.2) is 44.2 Å². The largest absolute Gasteiger partial charge is 0.492 e. The van der Waals surface area contributed by atoms with Crippen LogP contribution >= 0.6 is 11.8 Å². The van der Waals surface area contributed by atoms with Gasteiger partial charge in [-0.2, -0.15) is 11.8 Å². The van der Waals surface area contributed by atoms with Crippen LogP contribution in [0.3, 0.4) is 0 Å². The van der Waals surface area contributed by atoms with E-state index in [9.17, 15) is 0 Å². The fourth-order valence-corrected chi connectivity index (χ4v) is 2.31. The Hall–Kier alpha value is -2.08. The van der Waals surface area contributed by atoms with E-state index >= 15 is 0 Å². The van der Waals surface area contributed by atoms with Gasteiger partial charge in [0.05, 0.1) is 19.4 Å². The van der Waals surface area contributed by atoms with E-state index in [2.05, 4.69) is 21.9 Å². The molecule has 0 aliphatic carbocycles. The van der Waals surface area contributed by atoms with Crippen molar-refractivity contribution in [3.8, 4) is 5.75 Å². The first kappa shape index (κ1) is 18.3. The molecule has 0 fully saturated rings. The molecule has 0 aliphatic heterocycles. The monoisotopic (exact) mass is 347 g/mol. The zero-order chi connectivity index (χ0) is 16.9. The zero-order valence-electron chi connectivity index (χ0n) is 14.0. The average Bonchev–Trinajstić information content (AvgIpc) is 3.13. The second-order valence-corrected chi connectivity index (χ2v) is 6.05. The third kappa shape index (κ3) is 7.46. The number of nitrogens with one attached hydrogen (secondary N) is 2. The molecule has 1 aromatic heterocycles. The maximum Gasteiger partial charge on any atom is 0.191 e. The molecule has 0 aliphatic rings. The van der Waals surface area contributed by atoms with Gasteiger partial charge in [0.1, 0.15) is 18.1 Å². The highest BCUT2D eigenvalue weighted by Crippen LogP contribution is 2.07. The Morgan fingerprint density at radius 2 is 1.96 bits per heavy atom. The van der Waals surface area contributed by atoms with Gasteiger partial charge in [-0.1, -0.05) is 18.2 Å². The molecule has 2 rings (SSSR count). The van der Waals surface area contributed by atoms with Gasteiger partial charge >= 0.3 is 0 Å². The van der Waals surface area contributed by atoms with E-state index in [0.29, 0.717) is 13.2 Å². The molecule has 5 nitrogen and oxygen atoms in total. The van der Waals surface area contributed by atoms with Gasteiger partial charge in [-0.05, 0) is 30.5 Å². The predicted molar refractivity (Wildman–Crippen MR) is 101 cm³/mol. The number of hydrogen-bond donors (Lipinski definition) is 2. The van der Waals surface area contributed by atoms with Crippen LogP contribution in [0.2, 0.25) is 0 Å². The number of para-hydroxylation sites is 1. The van der Waals surface area contributed by atoms with Gasteiger partial charge in [0.25, 0.3) is 0 Å². The maximum absolute atomic E-state index is 5.68. The Labute approximate surface area is 147 Å². The smallest absolute Gasteiger partial charge is 0.191 e. The van der Waals surface area contributed by atoms with Crippen molar-refractivity contribution >= 4 is 17.7 Å². The molecule has 24 heavy (non-hydrogen) atoms. The normalized spacial score (nSPS) is 11.3. The summed E-state index contributed by atoms with van der Waals surface area (Å²) in [5.74, 6) is 3.67. The number of guanidine groups is 1. The number of rotatable bonds is 10. The summed E-state index contributed by atoms with van der Waals surface area (Å²) in [5, 5.41) is 6.63. The Morgan fingerprint density at radius 1 is 1.12 bits per heavy atom. The third-order valence-corrected chi connectivity index (χ3v) is 3.81.